The number of nitrogens with zero attached hydrogens (tertiary/aromatic N) is 1. The molecule has 222 valence electrons. The molecule has 0 aliphatic carbocycles. The Balaban J connectivity index is 0.000000302. The third-order valence-electron chi connectivity index (χ3n) is 6.70. The summed E-state index contributed by atoms with van der Waals surface area (Å²) in [5.74, 6) is -4.10. The average molecular weight is 597 g/mol. The van der Waals surface area contributed by atoms with Crippen molar-refractivity contribution >= 4 is 35.4 Å². The Hall–Kier alpha value is -3.94. The number of carbonyl (C=O) groups is 4. The SMILES string of the molecule is CC(=O)NC1(c2ccc(F)cc2)CCN(Cc2cc(Cl)c3c(c2)OCO3)CC1.O=C(O)CC(O)(CC(=O)O)C(=O)O. The van der Waals surface area contributed by atoms with E-state index in [0.717, 1.165) is 43.6 Å². The Bertz CT molecular complexity index is 1280. The van der Waals surface area contributed by atoms with Crippen LogP contribution in [0.15, 0.2) is 36.4 Å². The number of ether oxygens (including phenoxy) is 2. The lowest BCUT2D eigenvalue weighted by Crippen LogP contribution is -2.52. The van der Waals surface area contributed by atoms with Crippen LogP contribution in [0.2, 0.25) is 5.02 Å². The Labute approximate surface area is 239 Å². The van der Waals surface area contributed by atoms with Crippen molar-refractivity contribution < 1.29 is 53.5 Å². The number of rotatable bonds is 9. The monoisotopic (exact) mass is 596 g/mol. The number of nitrogens with one attached hydrogen (secondary N) is 1. The molecule has 0 radical (unpaired) electrons. The summed E-state index contributed by atoms with van der Waals surface area (Å²) < 4.78 is 24.2. The largest absolute Gasteiger partial charge is 0.481 e. The van der Waals surface area contributed by atoms with Crippen molar-refractivity contribution in [1.82, 2.24) is 10.2 Å². The number of hydrogen-bond acceptors (Lipinski definition) is 8. The van der Waals surface area contributed by atoms with Gasteiger partial charge in [0, 0.05) is 26.6 Å². The maximum Gasteiger partial charge on any atom is 0.336 e. The summed E-state index contributed by atoms with van der Waals surface area (Å²) in [4.78, 5) is 44.6. The molecule has 1 saturated heterocycles. The number of fused-ring (bicyclic) bond motifs is 1. The van der Waals surface area contributed by atoms with E-state index in [9.17, 15) is 23.6 Å². The summed E-state index contributed by atoms with van der Waals surface area (Å²) in [6.45, 7) is 4.04. The van der Waals surface area contributed by atoms with Crippen LogP contribution in [0, 0.1) is 5.82 Å². The first kappa shape index (κ1) is 31.6. The molecule has 2 aliphatic heterocycles. The van der Waals surface area contributed by atoms with Gasteiger partial charge in [0.05, 0.1) is 23.4 Å². The minimum absolute atomic E-state index is 0.0830. The van der Waals surface area contributed by atoms with Crippen molar-refractivity contribution in [3.8, 4) is 11.5 Å². The van der Waals surface area contributed by atoms with Gasteiger partial charge in [0.2, 0.25) is 12.7 Å². The Kier molecular flexibility index (Phi) is 10.1. The number of aliphatic hydroxyl groups is 1. The van der Waals surface area contributed by atoms with Gasteiger partial charge in [-0.05, 0) is 48.2 Å². The number of amides is 1. The van der Waals surface area contributed by atoms with Crippen LogP contribution >= 0.6 is 11.6 Å². The van der Waals surface area contributed by atoms with Crippen molar-refractivity contribution in [3.05, 3.63) is 58.4 Å². The van der Waals surface area contributed by atoms with E-state index in [0.29, 0.717) is 16.5 Å². The second kappa shape index (κ2) is 13.1. The molecular weight excluding hydrogens is 567 g/mol. The lowest BCUT2D eigenvalue weighted by molar-refractivity contribution is -0.170. The quantitative estimate of drug-likeness (QED) is 0.287. The highest BCUT2D eigenvalue weighted by Crippen LogP contribution is 2.40. The van der Waals surface area contributed by atoms with E-state index in [1.807, 2.05) is 12.1 Å². The smallest absolute Gasteiger partial charge is 0.336 e. The molecule has 2 heterocycles. The number of hydrogen-bond donors (Lipinski definition) is 5. The molecular formula is C27H30ClFN2O10. The molecule has 0 saturated carbocycles. The van der Waals surface area contributed by atoms with Crippen LogP contribution in [-0.4, -0.2) is 74.6 Å². The average Bonchev–Trinajstić information content (AvgIpc) is 3.34. The summed E-state index contributed by atoms with van der Waals surface area (Å²) >= 11 is 6.29. The van der Waals surface area contributed by atoms with Crippen molar-refractivity contribution in [2.75, 3.05) is 19.9 Å². The molecule has 2 aromatic carbocycles. The van der Waals surface area contributed by atoms with E-state index < -0.39 is 41.9 Å². The summed E-state index contributed by atoms with van der Waals surface area (Å²) in [5.41, 5.74) is -1.21. The number of carbonyl (C=O) groups excluding carboxylic acids is 1. The maximum atomic E-state index is 13.3. The highest BCUT2D eigenvalue weighted by molar-refractivity contribution is 6.32. The fourth-order valence-electron chi connectivity index (χ4n) is 4.77. The second-order valence-electron chi connectivity index (χ2n) is 9.84. The first-order valence-electron chi connectivity index (χ1n) is 12.5. The summed E-state index contributed by atoms with van der Waals surface area (Å²) in [6.07, 6.45) is -0.795. The van der Waals surface area contributed by atoms with Gasteiger partial charge < -0.3 is 35.2 Å². The molecule has 41 heavy (non-hydrogen) atoms. The number of benzene rings is 2. The van der Waals surface area contributed by atoms with Crippen LogP contribution in [0.1, 0.15) is 43.7 Å². The topological polar surface area (TPSA) is 183 Å². The van der Waals surface area contributed by atoms with Crippen LogP contribution in [0.4, 0.5) is 4.39 Å². The molecule has 2 aromatic rings. The molecule has 0 spiro atoms. The van der Waals surface area contributed by atoms with Gasteiger partial charge in [0.15, 0.2) is 17.1 Å². The fourth-order valence-corrected chi connectivity index (χ4v) is 5.06. The minimum Gasteiger partial charge on any atom is -0.481 e. The van der Waals surface area contributed by atoms with Crippen LogP contribution in [-0.2, 0) is 31.3 Å². The fraction of sp³-hybridized carbons (Fsp3) is 0.407. The lowest BCUT2D eigenvalue weighted by Gasteiger charge is -2.42. The van der Waals surface area contributed by atoms with E-state index in [4.69, 9.17) is 41.5 Å². The molecule has 1 fully saturated rings. The molecule has 0 atom stereocenters. The van der Waals surface area contributed by atoms with E-state index in [1.165, 1.54) is 19.1 Å². The summed E-state index contributed by atoms with van der Waals surface area (Å²) in [6, 6.07) is 10.3. The second-order valence-corrected chi connectivity index (χ2v) is 10.2. The summed E-state index contributed by atoms with van der Waals surface area (Å²) in [5, 5.41) is 37.5. The highest BCUT2D eigenvalue weighted by Gasteiger charge is 2.41. The predicted octanol–water partition coefficient (Wildman–Crippen LogP) is 2.59. The van der Waals surface area contributed by atoms with E-state index in [1.54, 1.807) is 12.1 Å². The number of carboxylic acids is 3. The Morgan fingerprint density at radius 3 is 2.12 bits per heavy atom. The standard InChI is InChI=1S/C21H22ClFN2O3.C6H8O7/c1-14(26)24-21(16-2-4-17(23)5-3-16)6-8-25(9-7-21)12-15-10-18(22)20-19(11-15)27-13-28-20;7-3(8)1-6(13,5(11)12)2-4(9)10/h2-5,10-11H,6-9,12-13H2,1H3,(H,24,26);13H,1-2H2,(H,7,8)(H,9,10)(H,11,12). The van der Waals surface area contributed by atoms with Gasteiger partial charge in [-0.25, -0.2) is 9.18 Å². The van der Waals surface area contributed by atoms with Crippen molar-refractivity contribution in [2.45, 2.75) is 50.3 Å². The molecule has 0 aromatic heterocycles. The molecule has 0 unspecified atom stereocenters. The van der Waals surface area contributed by atoms with Gasteiger partial charge in [-0.1, -0.05) is 23.7 Å². The summed E-state index contributed by atoms with van der Waals surface area (Å²) in [7, 11) is 0. The molecule has 5 N–H and O–H groups in total. The Morgan fingerprint density at radius 2 is 1.61 bits per heavy atom. The van der Waals surface area contributed by atoms with Gasteiger partial charge >= 0.3 is 17.9 Å². The van der Waals surface area contributed by atoms with Gasteiger partial charge in [-0.3, -0.25) is 19.3 Å². The normalized spacial score (nSPS) is 15.8. The molecule has 4 rings (SSSR count). The third-order valence-corrected chi connectivity index (χ3v) is 6.98. The first-order valence-corrected chi connectivity index (χ1v) is 12.9. The first-order chi connectivity index (χ1) is 19.2. The number of piperidine rings is 1. The van der Waals surface area contributed by atoms with Crippen molar-refractivity contribution in [1.29, 1.82) is 0 Å². The van der Waals surface area contributed by atoms with Gasteiger partial charge in [0.1, 0.15) is 5.82 Å². The van der Waals surface area contributed by atoms with Gasteiger partial charge in [0.25, 0.3) is 0 Å². The van der Waals surface area contributed by atoms with E-state index in [-0.39, 0.29) is 18.5 Å². The number of aliphatic carboxylic acids is 3. The van der Waals surface area contributed by atoms with Crippen LogP contribution in [0.25, 0.3) is 0 Å². The van der Waals surface area contributed by atoms with Crippen molar-refractivity contribution in [3.63, 3.8) is 0 Å². The van der Waals surface area contributed by atoms with E-state index >= 15 is 0 Å². The molecule has 1 amide bonds. The maximum absolute atomic E-state index is 13.3. The number of carboxylic acid groups (broad SMARTS) is 3. The molecule has 12 nitrogen and oxygen atoms in total. The third kappa shape index (κ3) is 8.28. The van der Waals surface area contributed by atoms with Gasteiger partial charge in [-0.15, -0.1) is 0 Å². The zero-order chi connectivity index (χ0) is 30.4. The lowest BCUT2D eigenvalue weighted by atomic mass is 9.80. The van der Waals surface area contributed by atoms with Crippen LogP contribution in [0.5, 0.6) is 11.5 Å². The van der Waals surface area contributed by atoms with Crippen molar-refractivity contribution in [2.24, 2.45) is 0 Å². The minimum atomic E-state index is -2.74. The molecule has 0 bridgehead atoms. The molecule has 14 heteroatoms. The van der Waals surface area contributed by atoms with Gasteiger partial charge in [-0.2, -0.15) is 0 Å². The number of halogens is 2. The predicted molar refractivity (Wildman–Crippen MR) is 141 cm³/mol. The Morgan fingerprint density at radius 1 is 1.02 bits per heavy atom. The van der Waals surface area contributed by atoms with Crippen LogP contribution < -0.4 is 14.8 Å². The van der Waals surface area contributed by atoms with Crippen LogP contribution in [0.3, 0.4) is 0 Å². The van der Waals surface area contributed by atoms with E-state index in [2.05, 4.69) is 10.2 Å². The zero-order valence-corrected chi connectivity index (χ0v) is 22.8. The number of likely N-dealkylation sites (tertiary alicyclic amines) is 1. The zero-order valence-electron chi connectivity index (χ0n) is 22.1. The molecule has 2 aliphatic rings. The highest BCUT2D eigenvalue weighted by atomic mass is 35.5.